The summed E-state index contributed by atoms with van der Waals surface area (Å²) in [5, 5.41) is 3.77. The van der Waals surface area contributed by atoms with Crippen LogP contribution in [0.4, 0.5) is 14.5 Å². The van der Waals surface area contributed by atoms with E-state index in [0.717, 1.165) is 0 Å². The highest BCUT2D eigenvalue weighted by atomic mass is 35.5. The van der Waals surface area contributed by atoms with Crippen molar-refractivity contribution in [1.29, 1.82) is 0 Å². The smallest absolute Gasteiger partial charge is 0.254 e. The van der Waals surface area contributed by atoms with Crippen LogP contribution in [0, 0.1) is 11.6 Å². The van der Waals surface area contributed by atoms with E-state index in [-0.39, 0.29) is 22.2 Å². The maximum atomic E-state index is 14.7. The molecule has 1 N–H and O–H groups in total. The zero-order valence-corrected chi connectivity index (χ0v) is 18.3. The van der Waals surface area contributed by atoms with Crippen LogP contribution in [-0.2, 0) is 9.53 Å². The topological polar surface area (TPSA) is 44.8 Å². The Balaban J connectivity index is 1.86. The third kappa shape index (κ3) is 4.15. The number of anilines is 1. The lowest BCUT2D eigenvalue weighted by Crippen LogP contribution is -2.51. The van der Waals surface area contributed by atoms with Gasteiger partial charge in [0.2, 0.25) is 0 Å². The quantitative estimate of drug-likeness (QED) is 0.692. The molecular weight excluding hydrogens is 444 g/mol. The lowest BCUT2D eigenvalue weighted by Gasteiger charge is -2.40. The first kappa shape index (κ1) is 21.7. The number of halogens is 3. The van der Waals surface area contributed by atoms with Crippen molar-refractivity contribution in [3.8, 4) is 0 Å². The summed E-state index contributed by atoms with van der Waals surface area (Å²) in [7, 11) is 0. The molecule has 1 unspecified atom stereocenters. The van der Waals surface area contributed by atoms with E-state index in [1.807, 2.05) is 0 Å². The zero-order chi connectivity index (χ0) is 22.1. The maximum absolute atomic E-state index is 14.7. The Morgan fingerprint density at radius 2 is 1.74 bits per heavy atom. The van der Waals surface area contributed by atoms with Gasteiger partial charge in [-0.25, -0.2) is 8.78 Å². The van der Waals surface area contributed by atoms with E-state index < -0.39 is 17.7 Å². The van der Waals surface area contributed by atoms with Crippen LogP contribution >= 0.6 is 23.8 Å². The summed E-state index contributed by atoms with van der Waals surface area (Å²) in [6, 6.07) is 9.50. The van der Waals surface area contributed by atoms with E-state index in [1.165, 1.54) is 18.2 Å². The minimum absolute atomic E-state index is 0.228. The third-order valence-corrected chi connectivity index (χ3v) is 5.94. The van der Waals surface area contributed by atoms with Gasteiger partial charge >= 0.3 is 0 Å². The average Bonchev–Trinajstić information content (AvgIpc) is 2.75. The van der Waals surface area contributed by atoms with Gasteiger partial charge in [-0.2, -0.15) is 0 Å². The zero-order valence-electron chi connectivity index (χ0n) is 16.7. The fourth-order valence-corrected chi connectivity index (χ4v) is 4.35. The number of allylic oxidation sites excluding steroid dienone is 1. The molecule has 9 heteroatoms. The second-order valence-electron chi connectivity index (χ2n) is 7.23. The summed E-state index contributed by atoms with van der Waals surface area (Å²) < 4.78 is 34.8. The molecule has 1 amide bonds. The Labute approximate surface area is 189 Å². The highest BCUT2D eigenvalue weighted by Gasteiger charge is 2.39. The van der Waals surface area contributed by atoms with Crippen LogP contribution < -0.4 is 10.2 Å². The van der Waals surface area contributed by atoms with E-state index in [9.17, 15) is 13.6 Å². The van der Waals surface area contributed by atoms with Crippen LogP contribution in [-0.4, -0.2) is 42.2 Å². The number of hydrogen-bond donors (Lipinski definition) is 1. The van der Waals surface area contributed by atoms with Crippen molar-refractivity contribution in [3.63, 3.8) is 0 Å². The first-order valence-corrected chi connectivity index (χ1v) is 10.5. The van der Waals surface area contributed by atoms with Gasteiger partial charge in [-0.3, -0.25) is 9.69 Å². The molecule has 2 aromatic rings. The fraction of sp³-hybridized carbons (Fsp3) is 0.273. The highest BCUT2D eigenvalue weighted by molar-refractivity contribution is 7.80. The summed E-state index contributed by atoms with van der Waals surface area (Å²) in [5.74, 6) is -1.82. The number of carbonyl (C=O) groups is 1. The molecule has 0 spiro atoms. The Bertz CT molecular complexity index is 1030. The van der Waals surface area contributed by atoms with Gasteiger partial charge in [-0.15, -0.1) is 0 Å². The molecule has 1 saturated heterocycles. The van der Waals surface area contributed by atoms with E-state index >= 15 is 0 Å². The average molecular weight is 464 g/mol. The lowest BCUT2D eigenvalue weighted by molar-refractivity contribution is -0.131. The standard InChI is InChI=1S/C22H20ClF2N3O2S/c1-13-18(21(29)27-9-11-30-12-10-27)20(19-16(24)3-2-4-17(19)25)26-22(31)28(13)15-7-5-14(23)6-8-15/h2-8,20H,9-12H2,1H3,(H,26,31). The normalized spacial score (nSPS) is 19.5. The van der Waals surface area contributed by atoms with Crippen LogP contribution in [0.5, 0.6) is 0 Å². The van der Waals surface area contributed by atoms with E-state index in [4.69, 9.17) is 28.6 Å². The van der Waals surface area contributed by atoms with Gasteiger partial charge in [0, 0.05) is 29.5 Å². The Hall–Kier alpha value is -2.55. The molecule has 2 aliphatic heterocycles. The van der Waals surface area contributed by atoms with Gasteiger partial charge in [0.1, 0.15) is 11.6 Å². The van der Waals surface area contributed by atoms with Gasteiger partial charge in [-0.1, -0.05) is 17.7 Å². The minimum Gasteiger partial charge on any atom is -0.378 e. The molecule has 2 heterocycles. The number of amides is 1. The first-order chi connectivity index (χ1) is 14.9. The van der Waals surface area contributed by atoms with Crippen LogP contribution in [0.25, 0.3) is 0 Å². The number of carbonyl (C=O) groups excluding carboxylic acids is 1. The molecule has 1 atom stereocenters. The summed E-state index contributed by atoms with van der Waals surface area (Å²) in [6.45, 7) is 3.33. The molecular formula is C22H20ClF2N3O2S. The number of hydrogen-bond acceptors (Lipinski definition) is 3. The number of nitrogens with zero attached hydrogens (tertiary/aromatic N) is 2. The SMILES string of the molecule is CC1=C(C(=O)N2CCOCC2)C(c2c(F)cccc2F)NC(=S)N1c1ccc(Cl)cc1. The van der Waals surface area contributed by atoms with E-state index in [0.29, 0.717) is 42.7 Å². The van der Waals surface area contributed by atoms with Crippen LogP contribution in [0.15, 0.2) is 53.7 Å². The van der Waals surface area contributed by atoms with Crippen molar-refractivity contribution < 1.29 is 18.3 Å². The first-order valence-electron chi connectivity index (χ1n) is 9.76. The number of ether oxygens (including phenoxy) is 1. The van der Waals surface area contributed by atoms with Gasteiger partial charge < -0.3 is 15.0 Å². The molecule has 2 aliphatic rings. The van der Waals surface area contributed by atoms with Gasteiger partial charge in [0.05, 0.1) is 30.4 Å². The number of morpholine rings is 1. The van der Waals surface area contributed by atoms with Crippen molar-refractivity contribution in [3.05, 3.63) is 76.0 Å². The maximum Gasteiger partial charge on any atom is 0.254 e. The third-order valence-electron chi connectivity index (χ3n) is 5.39. The molecule has 0 bridgehead atoms. The fourth-order valence-electron chi connectivity index (χ4n) is 3.86. The van der Waals surface area contributed by atoms with Gasteiger partial charge in [0.15, 0.2) is 5.11 Å². The monoisotopic (exact) mass is 463 g/mol. The van der Waals surface area contributed by atoms with Crippen molar-refractivity contribution in [2.75, 3.05) is 31.2 Å². The summed E-state index contributed by atoms with van der Waals surface area (Å²) in [4.78, 5) is 16.8. The summed E-state index contributed by atoms with van der Waals surface area (Å²) in [5.41, 5.74) is 1.17. The molecule has 0 aliphatic carbocycles. The molecule has 31 heavy (non-hydrogen) atoms. The molecule has 162 valence electrons. The molecule has 0 radical (unpaired) electrons. The van der Waals surface area contributed by atoms with Crippen LogP contribution in [0.1, 0.15) is 18.5 Å². The predicted octanol–water partition coefficient (Wildman–Crippen LogP) is 4.19. The molecule has 5 nitrogen and oxygen atoms in total. The summed E-state index contributed by atoms with van der Waals surface area (Å²) >= 11 is 11.5. The van der Waals surface area contributed by atoms with E-state index in [1.54, 1.807) is 41.0 Å². The Morgan fingerprint density at radius 3 is 2.35 bits per heavy atom. The van der Waals surface area contributed by atoms with Crippen LogP contribution in [0.3, 0.4) is 0 Å². The number of benzene rings is 2. The number of rotatable bonds is 3. The van der Waals surface area contributed by atoms with Crippen molar-refractivity contribution in [1.82, 2.24) is 10.2 Å². The van der Waals surface area contributed by atoms with Crippen molar-refractivity contribution >= 4 is 40.5 Å². The van der Waals surface area contributed by atoms with Crippen LogP contribution in [0.2, 0.25) is 5.02 Å². The molecule has 0 saturated carbocycles. The molecule has 1 fully saturated rings. The van der Waals surface area contributed by atoms with Gasteiger partial charge in [-0.05, 0) is 55.5 Å². The number of nitrogens with one attached hydrogen (secondary N) is 1. The highest BCUT2D eigenvalue weighted by Crippen LogP contribution is 2.36. The summed E-state index contributed by atoms with van der Waals surface area (Å²) in [6.07, 6.45) is 0. The largest absolute Gasteiger partial charge is 0.378 e. The second-order valence-corrected chi connectivity index (χ2v) is 8.06. The Morgan fingerprint density at radius 1 is 1.13 bits per heavy atom. The molecule has 0 aromatic heterocycles. The van der Waals surface area contributed by atoms with Gasteiger partial charge in [0.25, 0.3) is 5.91 Å². The molecule has 4 rings (SSSR count). The Kier molecular flexibility index (Phi) is 6.22. The number of thiocarbonyl (C=S) groups is 1. The molecule has 2 aromatic carbocycles. The van der Waals surface area contributed by atoms with E-state index in [2.05, 4.69) is 5.32 Å². The lowest BCUT2D eigenvalue weighted by atomic mass is 9.92. The van der Waals surface area contributed by atoms with Crippen molar-refractivity contribution in [2.24, 2.45) is 0 Å². The van der Waals surface area contributed by atoms with Crippen molar-refractivity contribution in [2.45, 2.75) is 13.0 Å². The predicted molar refractivity (Wildman–Crippen MR) is 119 cm³/mol. The minimum atomic E-state index is -1.06. The second kappa shape index (κ2) is 8.90.